The van der Waals surface area contributed by atoms with Gasteiger partial charge in [-0.1, -0.05) is 0 Å². The number of hydrogen-bond acceptors (Lipinski definition) is 5. The van der Waals surface area contributed by atoms with Crippen molar-refractivity contribution < 1.29 is 22.8 Å². The Morgan fingerprint density at radius 1 is 1.04 bits per heavy atom. The second-order valence-corrected chi connectivity index (χ2v) is 7.24. The number of anilines is 1. The van der Waals surface area contributed by atoms with E-state index in [1.165, 1.54) is 38.2 Å². The number of rotatable bonds is 8. The standard InChI is InChI=1S/C15H22N4O5S/c1-4-16-14(21)9-17-15(22)10-19(3)25(23,24)13-7-5-12(6-8-13)18-11(2)20/h5-8H,4,9-10H2,1-3H3,(H,16,21)(H,17,22)(H,18,20). The molecule has 138 valence electrons. The normalized spacial score (nSPS) is 11.0. The second kappa shape index (κ2) is 9.14. The third-order valence-electron chi connectivity index (χ3n) is 3.07. The predicted molar refractivity (Wildman–Crippen MR) is 92.3 cm³/mol. The fraction of sp³-hybridized carbons (Fsp3) is 0.400. The van der Waals surface area contributed by atoms with Gasteiger partial charge in [-0.15, -0.1) is 0 Å². The van der Waals surface area contributed by atoms with Crippen LogP contribution < -0.4 is 16.0 Å². The number of hydrogen-bond donors (Lipinski definition) is 3. The van der Waals surface area contributed by atoms with Crippen molar-refractivity contribution in [3.8, 4) is 0 Å². The quantitative estimate of drug-likeness (QED) is 0.570. The SMILES string of the molecule is CCNC(=O)CNC(=O)CN(C)S(=O)(=O)c1ccc(NC(C)=O)cc1. The van der Waals surface area contributed by atoms with Crippen molar-refractivity contribution in [2.24, 2.45) is 0 Å². The number of nitrogens with one attached hydrogen (secondary N) is 3. The predicted octanol–water partition coefficient (Wildman–Crippen LogP) is -0.482. The van der Waals surface area contributed by atoms with Gasteiger partial charge >= 0.3 is 0 Å². The topological polar surface area (TPSA) is 125 Å². The van der Waals surface area contributed by atoms with Gasteiger partial charge in [-0.2, -0.15) is 4.31 Å². The lowest BCUT2D eigenvalue weighted by Crippen LogP contribution is -2.42. The van der Waals surface area contributed by atoms with Gasteiger partial charge in [-0.25, -0.2) is 8.42 Å². The zero-order valence-electron chi connectivity index (χ0n) is 14.3. The summed E-state index contributed by atoms with van der Waals surface area (Å²) in [6.45, 7) is 2.90. The molecule has 1 aromatic carbocycles. The molecule has 0 aliphatic carbocycles. The summed E-state index contributed by atoms with van der Waals surface area (Å²) in [4.78, 5) is 34.0. The fourth-order valence-corrected chi connectivity index (χ4v) is 3.00. The molecule has 3 amide bonds. The van der Waals surface area contributed by atoms with Crippen molar-refractivity contribution in [1.82, 2.24) is 14.9 Å². The monoisotopic (exact) mass is 370 g/mol. The van der Waals surface area contributed by atoms with E-state index >= 15 is 0 Å². The van der Waals surface area contributed by atoms with Crippen LogP contribution in [0.1, 0.15) is 13.8 Å². The van der Waals surface area contributed by atoms with Crippen molar-refractivity contribution in [3.05, 3.63) is 24.3 Å². The minimum atomic E-state index is -3.87. The molecule has 0 bridgehead atoms. The first-order valence-electron chi connectivity index (χ1n) is 7.54. The first-order chi connectivity index (χ1) is 11.7. The van der Waals surface area contributed by atoms with Gasteiger partial charge in [0.25, 0.3) is 0 Å². The molecule has 25 heavy (non-hydrogen) atoms. The molecule has 0 unspecified atom stereocenters. The van der Waals surface area contributed by atoms with Crippen LogP contribution >= 0.6 is 0 Å². The number of likely N-dealkylation sites (N-methyl/N-ethyl adjacent to an activating group) is 2. The molecular formula is C15H22N4O5S. The highest BCUT2D eigenvalue weighted by Gasteiger charge is 2.23. The molecule has 1 aromatic rings. The Kier molecular flexibility index (Phi) is 7.52. The molecule has 0 aromatic heterocycles. The van der Waals surface area contributed by atoms with E-state index in [9.17, 15) is 22.8 Å². The zero-order chi connectivity index (χ0) is 19.0. The van der Waals surface area contributed by atoms with Gasteiger partial charge in [0.05, 0.1) is 18.0 Å². The molecule has 0 radical (unpaired) electrons. The minimum absolute atomic E-state index is 0.0133. The molecule has 0 saturated carbocycles. The highest BCUT2D eigenvalue weighted by molar-refractivity contribution is 7.89. The molecule has 10 heteroatoms. The first-order valence-corrected chi connectivity index (χ1v) is 8.98. The maximum absolute atomic E-state index is 12.4. The van der Waals surface area contributed by atoms with Crippen LogP contribution in [0.2, 0.25) is 0 Å². The van der Waals surface area contributed by atoms with Gasteiger partial charge in [0, 0.05) is 26.2 Å². The number of amides is 3. The lowest BCUT2D eigenvalue weighted by Gasteiger charge is -2.17. The van der Waals surface area contributed by atoms with Gasteiger partial charge in [0.2, 0.25) is 27.7 Å². The van der Waals surface area contributed by atoms with Gasteiger partial charge in [0.15, 0.2) is 0 Å². The van der Waals surface area contributed by atoms with Crippen LogP contribution in [0.3, 0.4) is 0 Å². The summed E-state index contributed by atoms with van der Waals surface area (Å²) < 4.78 is 25.7. The summed E-state index contributed by atoms with van der Waals surface area (Å²) >= 11 is 0. The molecule has 0 atom stereocenters. The summed E-state index contributed by atoms with van der Waals surface area (Å²) in [6, 6.07) is 5.59. The smallest absolute Gasteiger partial charge is 0.243 e. The Hall–Kier alpha value is -2.46. The van der Waals surface area contributed by atoms with Crippen molar-refractivity contribution in [2.45, 2.75) is 18.7 Å². The van der Waals surface area contributed by atoms with E-state index in [-0.39, 0.29) is 23.3 Å². The Bertz CT molecular complexity index is 731. The van der Waals surface area contributed by atoms with E-state index in [0.717, 1.165) is 4.31 Å². The zero-order valence-corrected chi connectivity index (χ0v) is 15.1. The molecule has 1 rings (SSSR count). The Balaban J connectivity index is 2.69. The number of carbonyl (C=O) groups is 3. The third-order valence-corrected chi connectivity index (χ3v) is 4.89. The molecule has 0 heterocycles. The average molecular weight is 370 g/mol. The van der Waals surface area contributed by atoms with Crippen molar-refractivity contribution in [3.63, 3.8) is 0 Å². The number of carbonyl (C=O) groups excluding carboxylic acids is 3. The molecule has 9 nitrogen and oxygen atoms in total. The van der Waals surface area contributed by atoms with Crippen LogP contribution in [0, 0.1) is 0 Å². The fourth-order valence-electron chi connectivity index (χ4n) is 1.88. The lowest BCUT2D eigenvalue weighted by molar-refractivity contribution is -0.126. The number of benzene rings is 1. The van der Waals surface area contributed by atoms with Gasteiger partial charge in [-0.3, -0.25) is 14.4 Å². The summed E-state index contributed by atoms with van der Waals surface area (Å²) in [5.41, 5.74) is 0.466. The van der Waals surface area contributed by atoms with Gasteiger partial charge in [0.1, 0.15) is 0 Å². The first kappa shape index (κ1) is 20.6. The van der Waals surface area contributed by atoms with E-state index in [1.807, 2.05) is 0 Å². The van der Waals surface area contributed by atoms with E-state index in [0.29, 0.717) is 12.2 Å². The van der Waals surface area contributed by atoms with E-state index < -0.39 is 22.5 Å². The van der Waals surface area contributed by atoms with Crippen molar-refractivity contribution in [2.75, 3.05) is 32.0 Å². The van der Waals surface area contributed by atoms with Crippen LogP contribution in [-0.2, 0) is 24.4 Å². The molecule has 0 aliphatic heterocycles. The molecule has 0 aliphatic rings. The minimum Gasteiger partial charge on any atom is -0.355 e. The Labute approximate surface area is 146 Å². The summed E-state index contributed by atoms with van der Waals surface area (Å²) in [7, 11) is -2.60. The van der Waals surface area contributed by atoms with Crippen LogP contribution in [0.25, 0.3) is 0 Å². The van der Waals surface area contributed by atoms with Crippen LogP contribution in [-0.4, -0.2) is 57.1 Å². The van der Waals surface area contributed by atoms with Crippen LogP contribution in [0.4, 0.5) is 5.69 Å². The highest BCUT2D eigenvalue weighted by Crippen LogP contribution is 2.17. The summed E-state index contributed by atoms with van der Waals surface area (Å²) in [5, 5.41) is 7.39. The maximum Gasteiger partial charge on any atom is 0.243 e. The number of sulfonamides is 1. The molecular weight excluding hydrogens is 348 g/mol. The Morgan fingerprint density at radius 2 is 1.64 bits per heavy atom. The number of nitrogens with zero attached hydrogens (tertiary/aromatic N) is 1. The van der Waals surface area contributed by atoms with Crippen LogP contribution in [0.5, 0.6) is 0 Å². The Morgan fingerprint density at radius 3 is 2.16 bits per heavy atom. The van der Waals surface area contributed by atoms with Gasteiger partial charge in [-0.05, 0) is 31.2 Å². The van der Waals surface area contributed by atoms with E-state index in [2.05, 4.69) is 16.0 Å². The van der Waals surface area contributed by atoms with E-state index in [4.69, 9.17) is 0 Å². The molecule has 0 spiro atoms. The van der Waals surface area contributed by atoms with E-state index in [1.54, 1.807) is 6.92 Å². The average Bonchev–Trinajstić information content (AvgIpc) is 2.53. The van der Waals surface area contributed by atoms with Gasteiger partial charge < -0.3 is 16.0 Å². The van der Waals surface area contributed by atoms with Crippen LogP contribution in [0.15, 0.2) is 29.2 Å². The molecule has 3 N–H and O–H groups in total. The van der Waals surface area contributed by atoms with Crippen molar-refractivity contribution in [1.29, 1.82) is 0 Å². The summed E-state index contributed by atoms with van der Waals surface area (Å²) in [6.07, 6.45) is 0. The largest absolute Gasteiger partial charge is 0.355 e. The molecule has 0 saturated heterocycles. The summed E-state index contributed by atoms with van der Waals surface area (Å²) in [5.74, 6) is -1.21. The molecule has 0 fully saturated rings. The second-order valence-electron chi connectivity index (χ2n) is 5.20. The lowest BCUT2D eigenvalue weighted by atomic mass is 10.3. The highest BCUT2D eigenvalue weighted by atomic mass is 32.2. The third kappa shape index (κ3) is 6.51. The van der Waals surface area contributed by atoms with Crippen molar-refractivity contribution >= 4 is 33.4 Å². The maximum atomic E-state index is 12.4.